The molecule has 1 aromatic rings. The fourth-order valence-electron chi connectivity index (χ4n) is 1.78. The van der Waals surface area contributed by atoms with Gasteiger partial charge in [-0.2, -0.15) is 20.5 Å². The van der Waals surface area contributed by atoms with E-state index in [1.807, 2.05) is 49.4 Å². The molecule has 0 saturated heterocycles. The van der Waals surface area contributed by atoms with E-state index in [1.54, 1.807) is 7.05 Å². The predicted octanol–water partition coefficient (Wildman–Crippen LogP) is 6.40. The summed E-state index contributed by atoms with van der Waals surface area (Å²) in [5, 5.41) is 16.3. The minimum Gasteiger partial charge on any atom is -0.494 e. The molecule has 0 bridgehead atoms. The molecular formula is C19H26N4O. The van der Waals surface area contributed by atoms with E-state index in [2.05, 4.69) is 34.0 Å². The van der Waals surface area contributed by atoms with Crippen molar-refractivity contribution in [2.75, 3.05) is 13.7 Å². The van der Waals surface area contributed by atoms with Gasteiger partial charge in [0, 0.05) is 7.05 Å². The Morgan fingerprint density at radius 1 is 1.17 bits per heavy atom. The number of allylic oxidation sites excluding steroid dienone is 5. The minimum atomic E-state index is 0.718. The van der Waals surface area contributed by atoms with E-state index in [9.17, 15) is 0 Å². The van der Waals surface area contributed by atoms with Crippen molar-refractivity contribution in [2.24, 2.45) is 20.5 Å². The van der Waals surface area contributed by atoms with E-state index >= 15 is 0 Å². The van der Waals surface area contributed by atoms with Crippen molar-refractivity contribution in [3.63, 3.8) is 0 Å². The summed E-state index contributed by atoms with van der Waals surface area (Å²) in [6, 6.07) is 7.60. The Kier molecular flexibility index (Phi) is 9.69. The number of hydrogen-bond donors (Lipinski definition) is 0. The smallest absolute Gasteiger partial charge is 0.119 e. The van der Waals surface area contributed by atoms with Crippen molar-refractivity contribution in [3.05, 3.63) is 60.5 Å². The zero-order valence-corrected chi connectivity index (χ0v) is 14.8. The average molecular weight is 326 g/mol. The first kappa shape index (κ1) is 19.5. The highest BCUT2D eigenvalue weighted by Crippen LogP contribution is 2.20. The standard InChI is InChI=1S/C19H26N4O/c1-5-7-8-17(10-9-16(3)21-20-4)22-23-18-11-13-19(14-12-18)24-15-6-2/h5,9-14H,1,6-8,15H2,2-4H3/b16-9+,17-10+,21-20?,23-22?. The van der Waals surface area contributed by atoms with Gasteiger partial charge in [0.1, 0.15) is 5.75 Å². The van der Waals surface area contributed by atoms with Crippen LogP contribution in [0.1, 0.15) is 33.1 Å². The maximum Gasteiger partial charge on any atom is 0.119 e. The predicted molar refractivity (Wildman–Crippen MR) is 98.8 cm³/mol. The molecule has 1 rings (SSSR count). The van der Waals surface area contributed by atoms with Gasteiger partial charge in [0.15, 0.2) is 0 Å². The summed E-state index contributed by atoms with van der Waals surface area (Å²) < 4.78 is 5.55. The quantitative estimate of drug-likeness (QED) is 0.279. The summed E-state index contributed by atoms with van der Waals surface area (Å²) in [5.74, 6) is 0.849. The summed E-state index contributed by atoms with van der Waals surface area (Å²) in [7, 11) is 1.65. The topological polar surface area (TPSA) is 58.7 Å². The fourth-order valence-corrected chi connectivity index (χ4v) is 1.78. The van der Waals surface area contributed by atoms with Gasteiger partial charge in [-0.25, -0.2) is 0 Å². The van der Waals surface area contributed by atoms with Crippen molar-refractivity contribution in [1.29, 1.82) is 0 Å². The molecule has 0 saturated carbocycles. The summed E-state index contributed by atoms with van der Waals surface area (Å²) in [6.07, 6.45) is 8.27. The molecule has 24 heavy (non-hydrogen) atoms. The van der Waals surface area contributed by atoms with Crippen LogP contribution in [-0.4, -0.2) is 13.7 Å². The molecular weight excluding hydrogens is 300 g/mol. The molecule has 0 fully saturated rings. The van der Waals surface area contributed by atoms with Crippen molar-refractivity contribution < 1.29 is 4.74 Å². The van der Waals surface area contributed by atoms with Gasteiger partial charge in [0.25, 0.3) is 0 Å². The number of hydrogen-bond acceptors (Lipinski definition) is 5. The average Bonchev–Trinajstić information content (AvgIpc) is 2.60. The van der Waals surface area contributed by atoms with E-state index in [0.29, 0.717) is 0 Å². The first-order valence-electron chi connectivity index (χ1n) is 8.12. The normalized spacial score (nSPS) is 13.0. The Morgan fingerprint density at radius 3 is 2.54 bits per heavy atom. The minimum absolute atomic E-state index is 0.718. The third-order valence-corrected chi connectivity index (χ3v) is 2.98. The second-order valence-electron chi connectivity index (χ2n) is 5.14. The Labute approximate surface area is 144 Å². The fraction of sp³-hybridized carbons (Fsp3) is 0.368. The Bertz CT molecular complexity index is 613. The summed E-state index contributed by atoms with van der Waals surface area (Å²) >= 11 is 0. The van der Waals surface area contributed by atoms with Gasteiger partial charge >= 0.3 is 0 Å². The molecule has 0 aliphatic rings. The van der Waals surface area contributed by atoms with E-state index < -0.39 is 0 Å². The second-order valence-corrected chi connectivity index (χ2v) is 5.14. The highest BCUT2D eigenvalue weighted by molar-refractivity contribution is 5.40. The second kappa shape index (κ2) is 11.9. The largest absolute Gasteiger partial charge is 0.494 e. The first-order chi connectivity index (χ1) is 11.7. The molecule has 0 atom stereocenters. The van der Waals surface area contributed by atoms with Crippen LogP contribution in [0.15, 0.2) is 80.9 Å². The molecule has 0 spiro atoms. The molecule has 0 unspecified atom stereocenters. The van der Waals surface area contributed by atoms with Gasteiger partial charge in [-0.15, -0.1) is 6.58 Å². The van der Waals surface area contributed by atoms with Crippen molar-refractivity contribution >= 4 is 5.69 Å². The van der Waals surface area contributed by atoms with Crippen LogP contribution in [0.2, 0.25) is 0 Å². The monoisotopic (exact) mass is 326 g/mol. The number of ether oxygens (including phenoxy) is 1. The Morgan fingerprint density at radius 2 is 1.92 bits per heavy atom. The van der Waals surface area contributed by atoms with Crippen molar-refractivity contribution in [3.8, 4) is 5.75 Å². The van der Waals surface area contributed by atoms with Crippen LogP contribution in [0.3, 0.4) is 0 Å². The molecule has 0 heterocycles. The van der Waals surface area contributed by atoms with Gasteiger partial charge in [0.05, 0.1) is 23.7 Å². The molecule has 5 nitrogen and oxygen atoms in total. The molecule has 0 amide bonds. The van der Waals surface area contributed by atoms with Gasteiger partial charge in [0.2, 0.25) is 0 Å². The molecule has 1 aromatic carbocycles. The van der Waals surface area contributed by atoms with E-state index in [1.165, 1.54) is 0 Å². The van der Waals surface area contributed by atoms with Crippen molar-refractivity contribution in [2.45, 2.75) is 33.1 Å². The number of azo groups is 2. The zero-order valence-electron chi connectivity index (χ0n) is 14.8. The summed E-state index contributed by atoms with van der Waals surface area (Å²) in [5.41, 5.74) is 2.48. The summed E-state index contributed by atoms with van der Waals surface area (Å²) in [4.78, 5) is 0. The lowest BCUT2D eigenvalue weighted by Crippen LogP contribution is -1.93. The van der Waals surface area contributed by atoms with Crippen LogP contribution in [-0.2, 0) is 0 Å². The third kappa shape index (κ3) is 8.17. The number of nitrogens with zero attached hydrogens (tertiary/aromatic N) is 4. The molecule has 5 heteroatoms. The lowest BCUT2D eigenvalue weighted by Gasteiger charge is -2.03. The van der Waals surface area contributed by atoms with Crippen LogP contribution < -0.4 is 4.74 Å². The highest BCUT2D eigenvalue weighted by atomic mass is 16.5. The Balaban J connectivity index is 2.81. The number of benzene rings is 1. The summed E-state index contributed by atoms with van der Waals surface area (Å²) in [6.45, 7) is 8.44. The molecule has 0 radical (unpaired) electrons. The lowest BCUT2D eigenvalue weighted by atomic mass is 10.2. The highest BCUT2D eigenvalue weighted by Gasteiger charge is 1.96. The SMILES string of the molecule is C=CCC/C(=C\C=C(/C)N=NC)N=Nc1ccc(OCCC)cc1. The van der Waals surface area contributed by atoms with Gasteiger partial charge in [-0.05, 0) is 62.6 Å². The lowest BCUT2D eigenvalue weighted by molar-refractivity contribution is 0.317. The first-order valence-corrected chi connectivity index (χ1v) is 8.12. The maximum atomic E-state index is 5.55. The molecule has 0 aliphatic carbocycles. The van der Waals surface area contributed by atoms with Gasteiger partial charge in [-0.1, -0.05) is 13.0 Å². The van der Waals surface area contributed by atoms with E-state index in [4.69, 9.17) is 4.74 Å². The van der Waals surface area contributed by atoms with Crippen molar-refractivity contribution in [1.82, 2.24) is 0 Å². The van der Waals surface area contributed by atoms with Crippen LogP contribution in [0.5, 0.6) is 5.75 Å². The maximum absolute atomic E-state index is 5.55. The molecule has 128 valence electrons. The zero-order chi connectivity index (χ0) is 17.6. The molecule has 0 aliphatic heterocycles. The van der Waals surface area contributed by atoms with Crippen LogP contribution in [0, 0.1) is 0 Å². The number of rotatable bonds is 10. The van der Waals surface area contributed by atoms with E-state index in [0.717, 1.165) is 48.7 Å². The van der Waals surface area contributed by atoms with Crippen LogP contribution in [0.25, 0.3) is 0 Å². The van der Waals surface area contributed by atoms with Gasteiger partial charge < -0.3 is 4.74 Å². The van der Waals surface area contributed by atoms with Gasteiger partial charge in [-0.3, -0.25) is 0 Å². The van der Waals surface area contributed by atoms with Crippen LogP contribution in [0.4, 0.5) is 5.69 Å². The Hall–Kier alpha value is -2.56. The third-order valence-electron chi connectivity index (χ3n) is 2.98. The molecule has 0 N–H and O–H groups in total. The van der Waals surface area contributed by atoms with E-state index in [-0.39, 0.29) is 0 Å². The van der Waals surface area contributed by atoms with Crippen LogP contribution >= 0.6 is 0 Å². The molecule has 0 aromatic heterocycles.